The number of nitrogens with zero attached hydrogens (tertiary/aromatic N) is 2. The van der Waals surface area contributed by atoms with Gasteiger partial charge in [-0.05, 0) is 13.8 Å². The number of amides is 1. The zero-order valence-electron chi connectivity index (χ0n) is 11.1. The lowest BCUT2D eigenvalue weighted by Gasteiger charge is -2.16. The Labute approximate surface area is 117 Å². The second-order valence-electron chi connectivity index (χ2n) is 3.61. The smallest absolute Gasteiger partial charge is 0.271 e. The highest BCUT2D eigenvalue weighted by Crippen LogP contribution is 2.03. The topological polar surface area (TPSA) is 73.3 Å². The molecule has 6 nitrogen and oxygen atoms in total. The van der Waals surface area contributed by atoms with Crippen LogP contribution in [-0.2, 0) is 9.47 Å². The molecule has 0 aliphatic heterocycles. The number of carbonyl (C=O) groups excluding carboxylic acids is 1. The maximum Gasteiger partial charge on any atom is 0.271 e. The Morgan fingerprint density at radius 1 is 1.37 bits per heavy atom. The molecule has 0 aromatic carbocycles. The summed E-state index contributed by atoms with van der Waals surface area (Å²) < 4.78 is 10.7. The summed E-state index contributed by atoms with van der Waals surface area (Å²) in [6.45, 7) is 5.35. The molecule has 1 rings (SSSR count). The van der Waals surface area contributed by atoms with Crippen LogP contribution < -0.4 is 5.32 Å². The van der Waals surface area contributed by atoms with Gasteiger partial charge in [0.2, 0.25) is 0 Å². The average Bonchev–Trinajstić information content (AvgIpc) is 2.39. The van der Waals surface area contributed by atoms with E-state index in [9.17, 15) is 4.79 Å². The zero-order valence-corrected chi connectivity index (χ0v) is 11.8. The number of aromatic nitrogens is 2. The Kier molecular flexibility index (Phi) is 7.32. The van der Waals surface area contributed by atoms with Gasteiger partial charge in [0.1, 0.15) is 10.8 Å². The second kappa shape index (κ2) is 8.79. The van der Waals surface area contributed by atoms with Crippen molar-refractivity contribution in [3.63, 3.8) is 0 Å². The fraction of sp³-hybridized carbons (Fsp3) is 0.583. The third-order valence-electron chi connectivity index (χ3n) is 2.21. The highest BCUT2D eigenvalue weighted by Gasteiger charge is 2.11. The van der Waals surface area contributed by atoms with Crippen molar-refractivity contribution in [3.05, 3.63) is 23.2 Å². The number of hydrogen-bond acceptors (Lipinski definition) is 5. The standard InChI is InChI=1S/C12H18ClN3O3/c1-3-18-11(19-4-2)5-6-15-12(17)9-7-14-8-10(13)16-9/h7-8,11H,3-6H2,1-2H3,(H,15,17). The van der Waals surface area contributed by atoms with Crippen molar-refractivity contribution in [2.24, 2.45) is 0 Å². The van der Waals surface area contributed by atoms with E-state index < -0.39 is 0 Å². The van der Waals surface area contributed by atoms with Gasteiger partial charge < -0.3 is 14.8 Å². The number of halogens is 1. The monoisotopic (exact) mass is 287 g/mol. The van der Waals surface area contributed by atoms with Gasteiger partial charge >= 0.3 is 0 Å². The number of rotatable bonds is 8. The molecular weight excluding hydrogens is 270 g/mol. The molecule has 1 amide bonds. The Balaban J connectivity index is 2.37. The van der Waals surface area contributed by atoms with Crippen LogP contribution in [0.3, 0.4) is 0 Å². The van der Waals surface area contributed by atoms with Crippen LogP contribution in [0, 0.1) is 0 Å². The predicted octanol–water partition coefficient (Wildman–Crippen LogP) is 1.65. The van der Waals surface area contributed by atoms with Gasteiger partial charge in [0, 0.05) is 26.2 Å². The SMILES string of the molecule is CCOC(CCNC(=O)c1cncc(Cl)n1)OCC. The lowest BCUT2D eigenvalue weighted by Crippen LogP contribution is -2.29. The van der Waals surface area contributed by atoms with Gasteiger partial charge in [-0.2, -0.15) is 0 Å². The lowest BCUT2D eigenvalue weighted by molar-refractivity contribution is -0.138. The third kappa shape index (κ3) is 5.96. The molecule has 0 aliphatic rings. The molecule has 0 atom stereocenters. The molecule has 0 aliphatic carbocycles. The number of hydrogen-bond donors (Lipinski definition) is 1. The summed E-state index contributed by atoms with van der Waals surface area (Å²) in [5.41, 5.74) is 0.192. The minimum Gasteiger partial charge on any atom is -0.353 e. The molecular formula is C12H18ClN3O3. The van der Waals surface area contributed by atoms with Crippen LogP contribution in [-0.4, -0.2) is 41.9 Å². The van der Waals surface area contributed by atoms with E-state index in [1.807, 2.05) is 13.8 Å². The van der Waals surface area contributed by atoms with Crippen molar-refractivity contribution < 1.29 is 14.3 Å². The van der Waals surface area contributed by atoms with E-state index in [0.29, 0.717) is 26.2 Å². The van der Waals surface area contributed by atoms with E-state index in [4.69, 9.17) is 21.1 Å². The molecule has 1 aromatic heterocycles. The summed E-state index contributed by atoms with van der Waals surface area (Å²) in [5.74, 6) is -0.318. The van der Waals surface area contributed by atoms with Gasteiger partial charge in [0.25, 0.3) is 5.91 Å². The molecule has 1 N–H and O–H groups in total. The van der Waals surface area contributed by atoms with Crippen LogP contribution in [0.4, 0.5) is 0 Å². The highest BCUT2D eigenvalue weighted by atomic mass is 35.5. The van der Waals surface area contributed by atoms with Crippen LogP contribution in [0.2, 0.25) is 5.15 Å². The maximum atomic E-state index is 11.7. The van der Waals surface area contributed by atoms with Crippen LogP contribution in [0.15, 0.2) is 12.4 Å². The molecule has 0 unspecified atom stereocenters. The van der Waals surface area contributed by atoms with Crippen LogP contribution in [0.1, 0.15) is 30.8 Å². The Hall–Kier alpha value is -1.24. The fourth-order valence-corrected chi connectivity index (χ4v) is 1.58. The van der Waals surface area contributed by atoms with Crippen LogP contribution in [0.5, 0.6) is 0 Å². The van der Waals surface area contributed by atoms with Crippen LogP contribution >= 0.6 is 11.6 Å². The van der Waals surface area contributed by atoms with E-state index in [1.165, 1.54) is 12.4 Å². The molecule has 0 saturated heterocycles. The Bertz CT molecular complexity index is 398. The quantitative estimate of drug-likeness (QED) is 0.736. The first-order valence-electron chi connectivity index (χ1n) is 6.16. The summed E-state index contributed by atoms with van der Waals surface area (Å²) in [6.07, 6.45) is 3.00. The van der Waals surface area contributed by atoms with E-state index in [2.05, 4.69) is 15.3 Å². The van der Waals surface area contributed by atoms with Gasteiger partial charge in [-0.25, -0.2) is 4.98 Å². The van der Waals surface area contributed by atoms with Gasteiger partial charge in [0.15, 0.2) is 6.29 Å². The summed E-state index contributed by atoms with van der Waals surface area (Å²) in [6, 6.07) is 0. The molecule has 19 heavy (non-hydrogen) atoms. The first-order valence-corrected chi connectivity index (χ1v) is 6.54. The lowest BCUT2D eigenvalue weighted by atomic mass is 10.3. The minimum absolute atomic E-state index is 0.189. The largest absolute Gasteiger partial charge is 0.353 e. The third-order valence-corrected chi connectivity index (χ3v) is 2.39. The van der Waals surface area contributed by atoms with Crippen LogP contribution in [0.25, 0.3) is 0 Å². The van der Waals surface area contributed by atoms with Crippen molar-refractivity contribution in [2.75, 3.05) is 19.8 Å². The summed E-state index contributed by atoms with van der Waals surface area (Å²) in [5, 5.41) is 2.90. The summed E-state index contributed by atoms with van der Waals surface area (Å²) >= 11 is 5.66. The maximum absolute atomic E-state index is 11.7. The van der Waals surface area contributed by atoms with Crippen molar-refractivity contribution in [1.29, 1.82) is 0 Å². The van der Waals surface area contributed by atoms with Gasteiger partial charge in [-0.1, -0.05) is 11.6 Å². The molecule has 0 spiro atoms. The molecule has 1 heterocycles. The Morgan fingerprint density at radius 2 is 2.05 bits per heavy atom. The molecule has 0 saturated carbocycles. The van der Waals surface area contributed by atoms with Crippen molar-refractivity contribution in [1.82, 2.24) is 15.3 Å². The predicted molar refractivity (Wildman–Crippen MR) is 71.0 cm³/mol. The average molecular weight is 288 g/mol. The molecule has 0 bridgehead atoms. The molecule has 106 valence electrons. The van der Waals surface area contributed by atoms with E-state index >= 15 is 0 Å². The van der Waals surface area contributed by atoms with Gasteiger partial charge in [0.05, 0.1) is 12.4 Å². The number of nitrogens with one attached hydrogen (secondary N) is 1. The highest BCUT2D eigenvalue weighted by molar-refractivity contribution is 6.29. The normalized spacial score (nSPS) is 10.7. The first-order chi connectivity index (χ1) is 9.17. The molecule has 0 fully saturated rings. The first kappa shape index (κ1) is 15.8. The van der Waals surface area contributed by atoms with Gasteiger partial charge in [-0.15, -0.1) is 0 Å². The van der Waals surface area contributed by atoms with E-state index in [0.717, 1.165) is 0 Å². The summed E-state index contributed by atoms with van der Waals surface area (Å²) in [4.78, 5) is 19.4. The molecule has 7 heteroatoms. The Morgan fingerprint density at radius 3 is 2.63 bits per heavy atom. The number of ether oxygens (including phenoxy) is 2. The fourth-order valence-electron chi connectivity index (χ4n) is 1.43. The summed E-state index contributed by atoms with van der Waals surface area (Å²) in [7, 11) is 0. The van der Waals surface area contributed by atoms with Crippen molar-refractivity contribution >= 4 is 17.5 Å². The number of carbonyl (C=O) groups is 1. The minimum atomic E-state index is -0.318. The molecule has 0 radical (unpaired) electrons. The van der Waals surface area contributed by atoms with Crippen molar-refractivity contribution in [2.45, 2.75) is 26.6 Å². The molecule has 1 aromatic rings. The van der Waals surface area contributed by atoms with E-state index in [1.54, 1.807) is 0 Å². The van der Waals surface area contributed by atoms with Gasteiger partial charge in [-0.3, -0.25) is 9.78 Å². The van der Waals surface area contributed by atoms with E-state index in [-0.39, 0.29) is 23.0 Å². The zero-order chi connectivity index (χ0) is 14.1. The van der Waals surface area contributed by atoms with Crippen molar-refractivity contribution in [3.8, 4) is 0 Å². The second-order valence-corrected chi connectivity index (χ2v) is 4.00.